The number of nitrogens with zero attached hydrogens (tertiary/aromatic N) is 4. The Hall–Kier alpha value is -3.05. The van der Waals surface area contributed by atoms with Crippen molar-refractivity contribution in [1.82, 2.24) is 30.5 Å². The largest absolute Gasteiger partial charge is 0.394 e. The number of para-hydroxylation sites is 1. The van der Waals surface area contributed by atoms with E-state index in [9.17, 15) is 19.5 Å². The third kappa shape index (κ3) is 3.36. The molecule has 36 heavy (non-hydrogen) atoms. The van der Waals surface area contributed by atoms with Gasteiger partial charge in [-0.15, -0.1) is 5.10 Å². The van der Waals surface area contributed by atoms with Crippen molar-refractivity contribution in [3.05, 3.63) is 24.3 Å². The van der Waals surface area contributed by atoms with E-state index in [1.54, 1.807) is 11.6 Å². The predicted molar refractivity (Wildman–Crippen MR) is 129 cm³/mol. The highest BCUT2D eigenvalue weighted by atomic mass is 16.5. The van der Waals surface area contributed by atoms with Crippen LogP contribution in [-0.2, 0) is 25.8 Å². The molecule has 4 heterocycles. The minimum Gasteiger partial charge on any atom is -0.394 e. The molecule has 7 atom stereocenters. The van der Waals surface area contributed by atoms with Gasteiger partial charge in [0.2, 0.25) is 17.7 Å². The van der Waals surface area contributed by atoms with E-state index in [1.807, 2.05) is 45.0 Å². The molecule has 1 aromatic carbocycles. The zero-order valence-corrected chi connectivity index (χ0v) is 21.1. The Morgan fingerprint density at radius 3 is 2.75 bits per heavy atom. The molecule has 3 fully saturated rings. The lowest BCUT2D eigenvalue weighted by Crippen LogP contribution is -2.57. The van der Waals surface area contributed by atoms with E-state index in [0.717, 1.165) is 11.9 Å². The average Bonchev–Trinajstić information content (AvgIpc) is 3.54. The van der Waals surface area contributed by atoms with E-state index in [0.29, 0.717) is 18.5 Å². The molecule has 3 saturated heterocycles. The van der Waals surface area contributed by atoms with Gasteiger partial charge in [0.15, 0.2) is 0 Å². The van der Waals surface area contributed by atoms with Crippen molar-refractivity contribution in [3.8, 4) is 0 Å². The Morgan fingerprint density at radius 2 is 2.03 bits per heavy atom. The molecular formula is C25H34N6O5. The van der Waals surface area contributed by atoms with Gasteiger partial charge >= 0.3 is 0 Å². The Kier molecular flexibility index (Phi) is 6.03. The maximum Gasteiger partial charge on any atom is 0.247 e. The highest BCUT2D eigenvalue weighted by Gasteiger charge is 2.80. The fourth-order valence-electron chi connectivity index (χ4n) is 6.58. The molecule has 1 aromatic heterocycles. The van der Waals surface area contributed by atoms with Crippen molar-refractivity contribution in [2.45, 2.75) is 70.5 Å². The second-order valence-corrected chi connectivity index (χ2v) is 10.5. The molecule has 11 heteroatoms. The lowest BCUT2D eigenvalue weighted by Gasteiger charge is -2.36. The summed E-state index contributed by atoms with van der Waals surface area (Å²) in [7, 11) is 0. The van der Waals surface area contributed by atoms with Crippen LogP contribution in [0.1, 0.15) is 40.5 Å². The number of carbonyl (C=O) groups excluding carboxylic acids is 3. The van der Waals surface area contributed by atoms with Gasteiger partial charge in [-0.25, -0.2) is 4.68 Å². The molecule has 3 unspecified atom stereocenters. The summed E-state index contributed by atoms with van der Waals surface area (Å²) in [6, 6.07) is 5.82. The van der Waals surface area contributed by atoms with E-state index in [2.05, 4.69) is 20.9 Å². The molecule has 3 aliphatic heterocycles. The van der Waals surface area contributed by atoms with Gasteiger partial charge in [-0.3, -0.25) is 14.4 Å². The average molecular weight is 499 g/mol. The van der Waals surface area contributed by atoms with Gasteiger partial charge in [-0.1, -0.05) is 31.2 Å². The topological polar surface area (TPSA) is 139 Å². The predicted octanol–water partition coefficient (Wildman–Crippen LogP) is 0.423. The summed E-state index contributed by atoms with van der Waals surface area (Å²) in [5.41, 5.74) is -0.550. The second kappa shape index (κ2) is 8.81. The first-order chi connectivity index (χ1) is 17.2. The first-order valence-electron chi connectivity index (χ1n) is 12.7. The number of hydrogen-bond acceptors (Lipinski definition) is 7. The number of rotatable bonds is 8. The quantitative estimate of drug-likeness (QED) is 0.480. The number of aliphatic hydroxyl groups excluding tert-OH is 1. The van der Waals surface area contributed by atoms with Gasteiger partial charge < -0.3 is 25.4 Å². The molecule has 194 valence electrons. The van der Waals surface area contributed by atoms with Gasteiger partial charge in [0.25, 0.3) is 0 Å². The normalized spacial score (nSPS) is 33.7. The van der Waals surface area contributed by atoms with E-state index >= 15 is 0 Å². The van der Waals surface area contributed by atoms with Crippen LogP contribution in [0.5, 0.6) is 0 Å². The molecule has 2 aromatic rings. The number of aromatic nitrogens is 3. The van der Waals surface area contributed by atoms with Crippen molar-refractivity contribution in [3.63, 3.8) is 0 Å². The summed E-state index contributed by atoms with van der Waals surface area (Å²) in [6.07, 6.45) is 1.24. The van der Waals surface area contributed by atoms with E-state index < -0.39 is 41.0 Å². The first kappa shape index (κ1) is 24.6. The number of ether oxygens (including phenoxy) is 1. The lowest BCUT2D eigenvalue weighted by molar-refractivity contribution is -0.150. The van der Waals surface area contributed by atoms with E-state index in [-0.39, 0.29) is 31.0 Å². The number of hydrogen-bond donors (Lipinski definition) is 3. The number of fused-ring (bicyclic) bond motifs is 2. The number of carbonyl (C=O) groups is 3. The number of amides is 3. The molecular weight excluding hydrogens is 464 g/mol. The lowest BCUT2D eigenvalue weighted by atomic mass is 9.62. The minimum absolute atomic E-state index is 0.0436. The summed E-state index contributed by atoms with van der Waals surface area (Å²) >= 11 is 0. The molecule has 2 bridgehead atoms. The first-order valence-corrected chi connectivity index (χ1v) is 12.7. The van der Waals surface area contributed by atoms with Crippen molar-refractivity contribution >= 4 is 28.8 Å². The molecule has 0 radical (unpaired) electrons. The summed E-state index contributed by atoms with van der Waals surface area (Å²) < 4.78 is 8.21. The second-order valence-electron chi connectivity index (χ2n) is 10.5. The number of aliphatic hydroxyl groups is 1. The molecule has 1 spiro atoms. The Bertz CT molecular complexity index is 1200. The van der Waals surface area contributed by atoms with Crippen LogP contribution in [0.25, 0.3) is 11.0 Å². The van der Waals surface area contributed by atoms with Crippen LogP contribution < -0.4 is 10.6 Å². The summed E-state index contributed by atoms with van der Waals surface area (Å²) in [6.45, 7) is 7.79. The van der Waals surface area contributed by atoms with Gasteiger partial charge in [-0.2, -0.15) is 0 Å². The van der Waals surface area contributed by atoms with Crippen molar-refractivity contribution in [2.75, 3.05) is 13.2 Å². The maximum atomic E-state index is 13.9. The van der Waals surface area contributed by atoms with Gasteiger partial charge in [0, 0.05) is 6.54 Å². The fraction of sp³-hybridized carbons (Fsp3) is 0.640. The van der Waals surface area contributed by atoms with Crippen LogP contribution in [0, 0.1) is 17.8 Å². The van der Waals surface area contributed by atoms with Crippen LogP contribution in [-0.4, -0.2) is 79.2 Å². The zero-order chi connectivity index (χ0) is 25.8. The third-order valence-corrected chi connectivity index (χ3v) is 8.39. The Balaban J connectivity index is 1.49. The standard InChI is InChI=1S/C25H34N6O5/c1-5-10-26-21(33)18-19-23(35)31(15(3)12-32)20(25(19)11-14(2)24(18,4)36-25)22(34)27-13-30-17-9-7-6-8-16(17)28-29-30/h6-9,14-15,18-20,32H,5,10-13H2,1-4H3,(H,26,33)(H,27,34)/t14?,15-,18+,19+,20?,24-,25?/m1/s1. The van der Waals surface area contributed by atoms with Crippen molar-refractivity contribution in [2.24, 2.45) is 17.8 Å². The van der Waals surface area contributed by atoms with Crippen LogP contribution in [0.3, 0.4) is 0 Å². The number of likely N-dealkylation sites (tertiary alicyclic amines) is 1. The van der Waals surface area contributed by atoms with Crippen molar-refractivity contribution < 1.29 is 24.2 Å². The maximum absolute atomic E-state index is 13.9. The molecule has 0 aliphatic carbocycles. The van der Waals surface area contributed by atoms with Crippen molar-refractivity contribution in [1.29, 1.82) is 0 Å². The smallest absolute Gasteiger partial charge is 0.247 e. The monoisotopic (exact) mass is 498 g/mol. The zero-order valence-electron chi connectivity index (χ0n) is 21.1. The SMILES string of the molecule is CCCNC(=O)[C@@H]1[C@H]2C(=O)N([C@H](C)CO)C(C(=O)NCn3nnc4ccccc43)C23CC(C)[C@@]1(C)O3. The molecule has 3 N–H and O–H groups in total. The number of benzene rings is 1. The van der Waals surface area contributed by atoms with Crippen LogP contribution in [0.15, 0.2) is 24.3 Å². The van der Waals surface area contributed by atoms with E-state index in [4.69, 9.17) is 4.74 Å². The van der Waals surface area contributed by atoms with Gasteiger partial charge in [-0.05, 0) is 44.7 Å². The van der Waals surface area contributed by atoms with Crippen LogP contribution >= 0.6 is 0 Å². The summed E-state index contributed by atoms with van der Waals surface area (Å²) in [5, 5.41) is 24.1. The Morgan fingerprint density at radius 1 is 1.28 bits per heavy atom. The Labute approximate surface area is 209 Å². The molecule has 3 aliphatic rings. The van der Waals surface area contributed by atoms with E-state index in [1.165, 1.54) is 4.90 Å². The highest BCUT2D eigenvalue weighted by molar-refractivity contribution is 5.99. The third-order valence-electron chi connectivity index (χ3n) is 8.39. The van der Waals surface area contributed by atoms with Crippen LogP contribution in [0.4, 0.5) is 0 Å². The molecule has 5 rings (SSSR count). The highest BCUT2D eigenvalue weighted by Crippen LogP contribution is 2.65. The number of nitrogens with one attached hydrogen (secondary N) is 2. The summed E-state index contributed by atoms with van der Waals surface area (Å²) in [5.74, 6) is -2.51. The van der Waals surface area contributed by atoms with Gasteiger partial charge in [0.1, 0.15) is 23.8 Å². The molecule has 0 saturated carbocycles. The van der Waals surface area contributed by atoms with Crippen LogP contribution in [0.2, 0.25) is 0 Å². The summed E-state index contributed by atoms with van der Waals surface area (Å²) in [4.78, 5) is 42.4. The molecule has 11 nitrogen and oxygen atoms in total. The molecule has 3 amide bonds. The van der Waals surface area contributed by atoms with Gasteiger partial charge in [0.05, 0.1) is 35.6 Å². The minimum atomic E-state index is -1.16. The fourth-order valence-corrected chi connectivity index (χ4v) is 6.58.